The summed E-state index contributed by atoms with van der Waals surface area (Å²) in [5.74, 6) is 0. The zero-order valence-electron chi connectivity index (χ0n) is 14.5. The minimum absolute atomic E-state index is 1.17. The van der Waals surface area contributed by atoms with Gasteiger partial charge in [0.15, 0.2) is 0 Å². The second-order valence-corrected chi connectivity index (χ2v) is 6.42. The molecule has 2 nitrogen and oxygen atoms in total. The Bertz CT molecular complexity index is 330. The monoisotopic (exact) mass is 293 g/mol. The molecule has 0 saturated carbocycles. The predicted molar refractivity (Wildman–Crippen MR) is 91.4 cm³/mol. The average Bonchev–Trinajstić information content (AvgIpc) is 2.95. The largest absolute Gasteiger partial charge is 0.243 e. The van der Waals surface area contributed by atoms with Gasteiger partial charge in [-0.25, -0.2) is 9.13 Å². The van der Waals surface area contributed by atoms with Crippen LogP contribution in [0.15, 0.2) is 18.7 Å². The topological polar surface area (TPSA) is 8.81 Å². The number of hydrogen-bond acceptors (Lipinski definition) is 0. The predicted octanol–water partition coefficient (Wildman–Crippen LogP) is 5.50. The standard InChI is InChI=1S/C19H37N2/c1-3-5-7-8-9-10-11-12-13-14-16-21-18-17-20(19-21)15-6-4-2/h17-19H,3-16H2,1-2H3/q+1. The van der Waals surface area contributed by atoms with Gasteiger partial charge in [-0.1, -0.05) is 71.6 Å². The summed E-state index contributed by atoms with van der Waals surface area (Å²) in [6.07, 6.45) is 23.4. The van der Waals surface area contributed by atoms with Gasteiger partial charge in [0, 0.05) is 0 Å². The summed E-state index contributed by atoms with van der Waals surface area (Å²) < 4.78 is 4.67. The maximum atomic E-state index is 2.35. The van der Waals surface area contributed by atoms with Crippen LogP contribution < -0.4 is 4.57 Å². The van der Waals surface area contributed by atoms with Crippen molar-refractivity contribution in [2.45, 2.75) is 104 Å². The van der Waals surface area contributed by atoms with Crippen molar-refractivity contribution in [1.29, 1.82) is 0 Å². The molecule has 0 spiro atoms. The van der Waals surface area contributed by atoms with E-state index in [0.717, 1.165) is 0 Å². The fourth-order valence-electron chi connectivity index (χ4n) is 2.83. The van der Waals surface area contributed by atoms with E-state index in [1.54, 1.807) is 0 Å². The van der Waals surface area contributed by atoms with Crippen molar-refractivity contribution in [3.63, 3.8) is 0 Å². The first kappa shape index (κ1) is 18.3. The van der Waals surface area contributed by atoms with Crippen molar-refractivity contribution in [1.82, 2.24) is 4.57 Å². The van der Waals surface area contributed by atoms with Gasteiger partial charge >= 0.3 is 0 Å². The Morgan fingerprint density at radius 1 is 0.714 bits per heavy atom. The molecule has 0 bridgehead atoms. The fourth-order valence-corrected chi connectivity index (χ4v) is 2.83. The van der Waals surface area contributed by atoms with Gasteiger partial charge in [-0.05, 0) is 19.3 Å². The molecule has 1 aromatic rings. The Labute approximate surface area is 132 Å². The lowest BCUT2D eigenvalue weighted by atomic mass is 10.1. The fraction of sp³-hybridized carbons (Fsp3) is 0.842. The first-order valence-corrected chi connectivity index (χ1v) is 9.41. The summed E-state index contributed by atoms with van der Waals surface area (Å²) >= 11 is 0. The lowest BCUT2D eigenvalue weighted by Crippen LogP contribution is -2.30. The molecule has 21 heavy (non-hydrogen) atoms. The summed E-state index contributed by atoms with van der Waals surface area (Å²) in [6, 6.07) is 0. The molecule has 0 unspecified atom stereocenters. The molecule has 1 aromatic heterocycles. The Kier molecular flexibility index (Phi) is 11.2. The maximum Gasteiger partial charge on any atom is 0.243 e. The van der Waals surface area contributed by atoms with Gasteiger partial charge in [0.1, 0.15) is 12.4 Å². The van der Waals surface area contributed by atoms with Crippen LogP contribution in [0.3, 0.4) is 0 Å². The first-order valence-electron chi connectivity index (χ1n) is 9.41. The zero-order chi connectivity index (χ0) is 15.2. The van der Waals surface area contributed by atoms with Crippen LogP contribution in [-0.4, -0.2) is 4.57 Å². The van der Waals surface area contributed by atoms with Gasteiger partial charge in [0.05, 0.1) is 13.1 Å². The van der Waals surface area contributed by atoms with Gasteiger partial charge in [0.25, 0.3) is 0 Å². The molecule has 0 amide bonds. The molecule has 1 rings (SSSR count). The Hall–Kier alpha value is -0.790. The Balaban J connectivity index is 1.91. The van der Waals surface area contributed by atoms with Crippen LogP contribution in [0.4, 0.5) is 0 Å². The number of aromatic nitrogens is 2. The maximum absolute atomic E-state index is 2.35. The molecule has 0 aliphatic carbocycles. The van der Waals surface area contributed by atoms with E-state index in [1.807, 2.05) is 0 Å². The van der Waals surface area contributed by atoms with E-state index in [2.05, 4.69) is 41.7 Å². The third-order valence-corrected chi connectivity index (χ3v) is 4.29. The summed E-state index contributed by atoms with van der Waals surface area (Å²) in [6.45, 7) is 6.90. The SMILES string of the molecule is CCCCCCCCCCCCn1cc[n+](CCCC)c1. The number of nitrogens with zero attached hydrogens (tertiary/aromatic N) is 2. The van der Waals surface area contributed by atoms with Gasteiger partial charge < -0.3 is 0 Å². The van der Waals surface area contributed by atoms with Crippen molar-refractivity contribution in [3.05, 3.63) is 18.7 Å². The van der Waals surface area contributed by atoms with Crippen LogP contribution in [0, 0.1) is 0 Å². The Morgan fingerprint density at radius 2 is 1.29 bits per heavy atom. The molecule has 0 atom stereocenters. The van der Waals surface area contributed by atoms with Crippen molar-refractivity contribution < 1.29 is 4.57 Å². The third-order valence-electron chi connectivity index (χ3n) is 4.29. The summed E-state index contributed by atoms with van der Waals surface area (Å²) in [5, 5.41) is 0. The van der Waals surface area contributed by atoms with Crippen molar-refractivity contribution in [3.8, 4) is 0 Å². The summed E-state index contributed by atoms with van der Waals surface area (Å²) in [7, 11) is 0. The molecular formula is C19H37N2+. The normalized spacial score (nSPS) is 11.1. The highest BCUT2D eigenvalue weighted by Gasteiger charge is 2.02. The highest BCUT2D eigenvalue weighted by Crippen LogP contribution is 2.10. The van der Waals surface area contributed by atoms with E-state index in [-0.39, 0.29) is 0 Å². The lowest BCUT2D eigenvalue weighted by molar-refractivity contribution is -0.696. The quantitative estimate of drug-likeness (QED) is 0.316. The lowest BCUT2D eigenvalue weighted by Gasteiger charge is -2.01. The van der Waals surface area contributed by atoms with Crippen LogP contribution in [0.25, 0.3) is 0 Å². The van der Waals surface area contributed by atoms with Crippen molar-refractivity contribution in [2.75, 3.05) is 0 Å². The van der Waals surface area contributed by atoms with Crippen LogP contribution in [0.2, 0.25) is 0 Å². The van der Waals surface area contributed by atoms with Crippen LogP contribution in [-0.2, 0) is 13.1 Å². The second-order valence-electron chi connectivity index (χ2n) is 6.42. The molecule has 0 saturated heterocycles. The number of imidazole rings is 1. The van der Waals surface area contributed by atoms with Gasteiger partial charge in [-0.3, -0.25) is 0 Å². The highest BCUT2D eigenvalue weighted by atomic mass is 15.1. The van der Waals surface area contributed by atoms with E-state index in [9.17, 15) is 0 Å². The summed E-state index contributed by atoms with van der Waals surface area (Å²) in [4.78, 5) is 0. The molecule has 0 fully saturated rings. The van der Waals surface area contributed by atoms with E-state index in [4.69, 9.17) is 0 Å². The molecule has 0 radical (unpaired) electrons. The molecule has 2 heteroatoms. The van der Waals surface area contributed by atoms with E-state index < -0.39 is 0 Å². The second kappa shape index (κ2) is 12.9. The number of unbranched alkanes of at least 4 members (excludes halogenated alkanes) is 10. The Morgan fingerprint density at radius 3 is 1.90 bits per heavy atom. The molecule has 0 aromatic carbocycles. The van der Waals surface area contributed by atoms with E-state index in [0.29, 0.717) is 0 Å². The van der Waals surface area contributed by atoms with Crippen molar-refractivity contribution >= 4 is 0 Å². The minimum atomic E-state index is 1.17. The van der Waals surface area contributed by atoms with Crippen LogP contribution in [0.5, 0.6) is 0 Å². The van der Waals surface area contributed by atoms with Crippen molar-refractivity contribution in [2.24, 2.45) is 0 Å². The molecule has 1 heterocycles. The zero-order valence-corrected chi connectivity index (χ0v) is 14.5. The number of hydrogen-bond donors (Lipinski definition) is 0. The first-order chi connectivity index (χ1) is 10.4. The smallest absolute Gasteiger partial charge is 0.237 e. The average molecular weight is 294 g/mol. The third kappa shape index (κ3) is 9.71. The van der Waals surface area contributed by atoms with Crippen LogP contribution in [0.1, 0.15) is 90.9 Å². The highest BCUT2D eigenvalue weighted by molar-refractivity contribution is 4.66. The molecule has 0 N–H and O–H groups in total. The number of aryl methyl sites for hydroxylation is 2. The van der Waals surface area contributed by atoms with E-state index in [1.165, 1.54) is 90.1 Å². The molecule has 0 aliphatic rings. The van der Waals surface area contributed by atoms with Gasteiger partial charge in [0.2, 0.25) is 6.33 Å². The van der Waals surface area contributed by atoms with Gasteiger partial charge in [-0.15, -0.1) is 0 Å². The van der Waals surface area contributed by atoms with Gasteiger partial charge in [-0.2, -0.15) is 0 Å². The van der Waals surface area contributed by atoms with Crippen LogP contribution >= 0.6 is 0 Å². The molecular weight excluding hydrogens is 256 g/mol. The molecule has 0 aliphatic heterocycles. The minimum Gasteiger partial charge on any atom is -0.237 e. The number of rotatable bonds is 14. The molecule has 122 valence electrons. The van der Waals surface area contributed by atoms with E-state index >= 15 is 0 Å². The summed E-state index contributed by atoms with van der Waals surface area (Å²) in [5.41, 5.74) is 0.